The Balaban J connectivity index is 0.000000314. The predicted octanol–water partition coefficient (Wildman–Crippen LogP) is 4.67. The summed E-state index contributed by atoms with van der Waals surface area (Å²) in [7, 11) is -2.62. The molecule has 25 heavy (non-hydrogen) atoms. The highest BCUT2D eigenvalue weighted by molar-refractivity contribution is 7.38. The Labute approximate surface area is 145 Å². The molecule has 0 aromatic heterocycles. The fourth-order valence-corrected chi connectivity index (χ4v) is 1.24. The van der Waals surface area contributed by atoms with Gasteiger partial charge >= 0.3 is 8.60 Å². The van der Waals surface area contributed by atoms with Crippen LogP contribution in [0.4, 0.5) is 13.2 Å². The second-order valence-corrected chi connectivity index (χ2v) is 4.69. The summed E-state index contributed by atoms with van der Waals surface area (Å²) in [6.45, 7) is 0. The van der Waals surface area contributed by atoms with Crippen molar-refractivity contribution in [3.63, 3.8) is 0 Å². The average molecular weight is 370 g/mol. The highest BCUT2D eigenvalue weighted by atomic mass is 31.2. The zero-order valence-corrected chi connectivity index (χ0v) is 14.0. The quantitative estimate of drug-likeness (QED) is 0.504. The van der Waals surface area contributed by atoms with Gasteiger partial charge in [0.2, 0.25) is 0 Å². The van der Waals surface area contributed by atoms with E-state index in [1.807, 2.05) is 0 Å². The minimum absolute atomic E-state index is 0.178. The van der Waals surface area contributed by atoms with Crippen molar-refractivity contribution in [3.8, 4) is 0 Å². The molecule has 0 unspecified atom stereocenters. The third-order valence-corrected chi connectivity index (χ3v) is 2.20. The molecule has 3 aromatic rings. The van der Waals surface area contributed by atoms with E-state index in [0.717, 1.165) is 0 Å². The van der Waals surface area contributed by atoms with Crippen LogP contribution in [0.2, 0.25) is 0 Å². The fourth-order valence-electron chi connectivity index (χ4n) is 1.24. The molecular weight excluding hydrogens is 352 g/mol. The first-order chi connectivity index (χ1) is 11.9. The lowest BCUT2D eigenvalue weighted by Gasteiger charge is -1.78. The average Bonchev–Trinajstić information content (AvgIpc) is 2.58. The Bertz CT molecular complexity index is 550. The van der Waals surface area contributed by atoms with Crippen LogP contribution < -0.4 is 0 Å². The second-order valence-electron chi connectivity index (χ2n) is 4.16. The van der Waals surface area contributed by atoms with Gasteiger partial charge in [-0.15, -0.1) is 0 Å². The molecule has 3 aromatic carbocycles. The number of halogens is 3. The first-order valence-corrected chi connectivity index (χ1v) is 8.10. The first kappa shape index (κ1) is 22.8. The largest absolute Gasteiger partial charge is 0.328 e. The van der Waals surface area contributed by atoms with Crippen molar-refractivity contribution >= 4 is 8.60 Å². The van der Waals surface area contributed by atoms with Crippen molar-refractivity contribution in [1.82, 2.24) is 0 Å². The molecule has 0 saturated heterocycles. The van der Waals surface area contributed by atoms with Crippen LogP contribution in [0.3, 0.4) is 0 Å². The minimum Gasteiger partial charge on any atom is -0.328 e. The molecule has 134 valence electrons. The molecule has 0 aliphatic carbocycles. The van der Waals surface area contributed by atoms with Gasteiger partial charge in [-0.2, -0.15) is 0 Å². The molecule has 0 amide bonds. The maximum absolute atomic E-state index is 11.9. The predicted molar refractivity (Wildman–Crippen MR) is 92.8 cm³/mol. The standard InChI is InChI=1S/3C6H5F.H3O3P/c3*7-6-4-2-1-3-5-6;1-4(2)3/h3*1-5H;1-3H. The Kier molecular flexibility index (Phi) is 13.9. The molecule has 3 N–H and O–H groups in total. The van der Waals surface area contributed by atoms with Crippen molar-refractivity contribution < 1.29 is 27.9 Å². The maximum atomic E-state index is 11.9. The number of benzene rings is 3. The highest BCUT2D eigenvalue weighted by Crippen LogP contribution is 2.11. The molecule has 0 saturated carbocycles. The van der Waals surface area contributed by atoms with Crippen LogP contribution in [0, 0.1) is 17.5 Å². The molecule has 0 aliphatic heterocycles. The topological polar surface area (TPSA) is 60.7 Å². The molecule has 0 atom stereocenters. The lowest BCUT2D eigenvalue weighted by atomic mass is 10.4. The molecule has 3 rings (SSSR count). The third kappa shape index (κ3) is 17.9. The maximum Gasteiger partial charge on any atom is 0.324 e. The summed E-state index contributed by atoms with van der Waals surface area (Å²) in [6, 6.07) is 23.8. The molecule has 7 heteroatoms. The Morgan fingerprint density at radius 1 is 0.440 bits per heavy atom. The van der Waals surface area contributed by atoms with Crippen LogP contribution >= 0.6 is 8.60 Å². The van der Waals surface area contributed by atoms with Crippen molar-refractivity contribution in [2.45, 2.75) is 0 Å². The lowest BCUT2D eigenvalue weighted by Crippen LogP contribution is -1.63. The van der Waals surface area contributed by atoms with Crippen molar-refractivity contribution in [2.24, 2.45) is 0 Å². The van der Waals surface area contributed by atoms with E-state index in [0.29, 0.717) is 0 Å². The minimum atomic E-state index is -2.62. The molecule has 0 aliphatic rings. The van der Waals surface area contributed by atoms with Gasteiger partial charge in [-0.3, -0.25) is 0 Å². The molecule has 3 nitrogen and oxygen atoms in total. The molecule has 0 heterocycles. The summed E-state index contributed by atoms with van der Waals surface area (Å²) in [5.41, 5.74) is 0. The molecule has 0 radical (unpaired) electrons. The summed E-state index contributed by atoms with van der Waals surface area (Å²) in [6.07, 6.45) is 0. The van der Waals surface area contributed by atoms with E-state index in [2.05, 4.69) is 0 Å². The van der Waals surface area contributed by atoms with Crippen LogP contribution in [0.1, 0.15) is 0 Å². The van der Waals surface area contributed by atoms with Gasteiger partial charge in [-0.05, 0) is 36.4 Å². The molecule has 0 bridgehead atoms. The van der Waals surface area contributed by atoms with Gasteiger partial charge in [0.05, 0.1) is 0 Å². The van der Waals surface area contributed by atoms with Gasteiger partial charge in [0.1, 0.15) is 17.5 Å². The fraction of sp³-hybridized carbons (Fsp3) is 0. The summed E-state index contributed by atoms with van der Waals surface area (Å²) in [5.74, 6) is -0.535. The third-order valence-electron chi connectivity index (χ3n) is 2.20. The van der Waals surface area contributed by atoms with Crippen molar-refractivity contribution in [1.29, 1.82) is 0 Å². The van der Waals surface area contributed by atoms with Gasteiger partial charge in [0, 0.05) is 0 Å². The van der Waals surface area contributed by atoms with E-state index < -0.39 is 8.60 Å². The second kappa shape index (κ2) is 15.3. The van der Waals surface area contributed by atoms with E-state index in [4.69, 9.17) is 14.7 Å². The van der Waals surface area contributed by atoms with E-state index in [1.165, 1.54) is 36.4 Å². The van der Waals surface area contributed by atoms with Crippen LogP contribution in [0.15, 0.2) is 91.0 Å². The summed E-state index contributed by atoms with van der Waals surface area (Å²) < 4.78 is 35.7. The van der Waals surface area contributed by atoms with Gasteiger partial charge in [-0.1, -0.05) is 54.6 Å². The van der Waals surface area contributed by atoms with Gasteiger partial charge < -0.3 is 14.7 Å². The number of hydrogen-bond acceptors (Lipinski definition) is 3. The zero-order valence-electron chi connectivity index (χ0n) is 13.1. The van der Waals surface area contributed by atoms with Crippen LogP contribution in [0.5, 0.6) is 0 Å². The molecule has 0 spiro atoms. The normalized spacial score (nSPS) is 8.76. The summed E-state index contributed by atoms with van der Waals surface area (Å²) in [4.78, 5) is 21.7. The van der Waals surface area contributed by atoms with Crippen molar-refractivity contribution in [3.05, 3.63) is 108 Å². The van der Waals surface area contributed by atoms with Crippen LogP contribution in [-0.4, -0.2) is 14.7 Å². The Morgan fingerprint density at radius 2 is 0.600 bits per heavy atom. The Hall–Kier alpha value is -2.24. The highest BCUT2D eigenvalue weighted by Gasteiger charge is 1.78. The van der Waals surface area contributed by atoms with Crippen LogP contribution in [-0.2, 0) is 0 Å². The van der Waals surface area contributed by atoms with Gasteiger partial charge in [0.25, 0.3) is 0 Å². The molecular formula is C18H18F3O3P. The van der Waals surface area contributed by atoms with E-state index in [9.17, 15) is 13.2 Å². The summed E-state index contributed by atoms with van der Waals surface area (Å²) in [5, 5.41) is 0. The Morgan fingerprint density at radius 3 is 0.680 bits per heavy atom. The van der Waals surface area contributed by atoms with E-state index >= 15 is 0 Å². The smallest absolute Gasteiger partial charge is 0.324 e. The van der Waals surface area contributed by atoms with E-state index in [1.54, 1.807) is 54.6 Å². The monoisotopic (exact) mass is 370 g/mol. The van der Waals surface area contributed by atoms with E-state index in [-0.39, 0.29) is 17.5 Å². The lowest BCUT2D eigenvalue weighted by molar-refractivity contribution is 0.368. The number of hydrogen-bond donors (Lipinski definition) is 3. The zero-order chi connectivity index (χ0) is 18.9. The van der Waals surface area contributed by atoms with Crippen molar-refractivity contribution in [2.75, 3.05) is 0 Å². The van der Waals surface area contributed by atoms with Gasteiger partial charge in [0.15, 0.2) is 0 Å². The van der Waals surface area contributed by atoms with Gasteiger partial charge in [-0.25, -0.2) is 13.2 Å². The van der Waals surface area contributed by atoms with Crippen LogP contribution in [0.25, 0.3) is 0 Å². The SMILES string of the molecule is Fc1ccccc1.Fc1ccccc1.Fc1ccccc1.OP(O)O. The summed E-state index contributed by atoms with van der Waals surface area (Å²) >= 11 is 0. The molecule has 0 fully saturated rings. The first-order valence-electron chi connectivity index (χ1n) is 6.90. The number of rotatable bonds is 0.